The molecule has 0 atom stereocenters. The minimum absolute atomic E-state index is 0.283. The first-order chi connectivity index (χ1) is 6.69. The van der Waals surface area contributed by atoms with Gasteiger partial charge in [-0.15, -0.1) is 0 Å². The normalized spacial score (nSPS) is 9.36. The molecule has 0 amide bonds. The average molecular weight is 213 g/mol. The zero-order valence-corrected chi connectivity index (χ0v) is 9.08. The molecule has 1 aromatic heterocycles. The number of rotatable bonds is 4. The van der Waals surface area contributed by atoms with Crippen molar-refractivity contribution in [1.29, 1.82) is 0 Å². The average Bonchev–Trinajstić information content (AvgIpc) is 2.57. The lowest BCUT2D eigenvalue weighted by molar-refractivity contribution is 0.396. The van der Waals surface area contributed by atoms with E-state index in [2.05, 4.69) is 15.0 Å². The van der Waals surface area contributed by atoms with Crippen molar-refractivity contribution in [2.24, 2.45) is 5.11 Å². The smallest absolute Gasteiger partial charge is 0.229 e. The first-order valence-electron chi connectivity index (χ1n) is 3.91. The van der Waals surface area contributed by atoms with Crippen LogP contribution < -0.4 is 9.64 Å². The van der Waals surface area contributed by atoms with Gasteiger partial charge in [-0.25, -0.2) is 0 Å². The van der Waals surface area contributed by atoms with E-state index in [9.17, 15) is 0 Å². The zero-order chi connectivity index (χ0) is 10.6. The molecule has 0 unspecified atom stereocenters. The van der Waals surface area contributed by atoms with E-state index in [4.69, 9.17) is 10.3 Å². The zero-order valence-electron chi connectivity index (χ0n) is 8.26. The molecule has 1 aromatic rings. The summed E-state index contributed by atoms with van der Waals surface area (Å²) in [5, 5.41) is 4.31. The maximum absolute atomic E-state index is 8.20. The van der Waals surface area contributed by atoms with E-state index >= 15 is 0 Å². The number of methoxy groups -OCH3 is 1. The van der Waals surface area contributed by atoms with Gasteiger partial charge in [-0.05, 0) is 5.53 Å². The van der Waals surface area contributed by atoms with E-state index in [0.717, 1.165) is 10.0 Å². The maximum atomic E-state index is 8.20. The van der Waals surface area contributed by atoms with E-state index in [-0.39, 0.29) is 6.54 Å². The third-order valence-electron chi connectivity index (χ3n) is 1.50. The molecule has 0 aromatic carbocycles. The van der Waals surface area contributed by atoms with Crippen LogP contribution in [0.5, 0.6) is 5.88 Å². The standard InChI is InChI=1S/C7H11N5OS/c1-12(2)7-10-6(13-3)5(14-7)4-9-11-8/h4H2,1-3H3. The Morgan fingerprint density at radius 1 is 1.64 bits per heavy atom. The molecule has 0 N–H and O–H groups in total. The lowest BCUT2D eigenvalue weighted by Crippen LogP contribution is -2.07. The number of hydrogen-bond acceptors (Lipinski definition) is 5. The van der Waals surface area contributed by atoms with Crippen LogP contribution in [0.3, 0.4) is 0 Å². The van der Waals surface area contributed by atoms with Crippen LogP contribution in [0.2, 0.25) is 0 Å². The van der Waals surface area contributed by atoms with Crippen LogP contribution in [0, 0.1) is 0 Å². The number of aromatic nitrogens is 1. The highest BCUT2D eigenvalue weighted by Gasteiger charge is 2.11. The van der Waals surface area contributed by atoms with E-state index in [0.29, 0.717) is 5.88 Å². The van der Waals surface area contributed by atoms with Gasteiger partial charge in [0.15, 0.2) is 5.13 Å². The van der Waals surface area contributed by atoms with Crippen molar-refractivity contribution in [2.75, 3.05) is 26.1 Å². The van der Waals surface area contributed by atoms with Crippen molar-refractivity contribution in [3.05, 3.63) is 15.3 Å². The fraction of sp³-hybridized carbons (Fsp3) is 0.571. The minimum atomic E-state index is 0.283. The van der Waals surface area contributed by atoms with Gasteiger partial charge < -0.3 is 9.64 Å². The van der Waals surface area contributed by atoms with Gasteiger partial charge in [0.25, 0.3) is 0 Å². The summed E-state index contributed by atoms with van der Waals surface area (Å²) in [6, 6.07) is 0. The third kappa shape index (κ3) is 2.27. The molecule has 0 bridgehead atoms. The quantitative estimate of drug-likeness (QED) is 0.436. The second-order valence-corrected chi connectivity index (χ2v) is 3.77. The fourth-order valence-corrected chi connectivity index (χ4v) is 1.74. The molecule has 0 saturated heterocycles. The molecule has 0 saturated carbocycles. The van der Waals surface area contributed by atoms with Gasteiger partial charge in [-0.2, -0.15) is 4.98 Å². The molecular formula is C7H11N5OS. The number of nitrogens with zero attached hydrogens (tertiary/aromatic N) is 5. The van der Waals surface area contributed by atoms with Crippen LogP contribution in [0.4, 0.5) is 5.13 Å². The number of azide groups is 1. The van der Waals surface area contributed by atoms with Crippen LogP contribution in [-0.4, -0.2) is 26.2 Å². The van der Waals surface area contributed by atoms with Gasteiger partial charge in [0.2, 0.25) is 5.88 Å². The number of thiazole rings is 1. The van der Waals surface area contributed by atoms with E-state index < -0.39 is 0 Å². The second kappa shape index (κ2) is 4.69. The molecular weight excluding hydrogens is 202 g/mol. The van der Waals surface area contributed by atoms with Gasteiger partial charge >= 0.3 is 0 Å². The summed E-state index contributed by atoms with van der Waals surface area (Å²) < 4.78 is 5.06. The van der Waals surface area contributed by atoms with Crippen LogP contribution >= 0.6 is 11.3 Å². The summed E-state index contributed by atoms with van der Waals surface area (Å²) in [5.41, 5.74) is 8.20. The minimum Gasteiger partial charge on any atom is -0.480 e. The van der Waals surface area contributed by atoms with E-state index in [1.165, 1.54) is 11.3 Å². The van der Waals surface area contributed by atoms with Crippen molar-refractivity contribution in [1.82, 2.24) is 4.98 Å². The van der Waals surface area contributed by atoms with Gasteiger partial charge in [-0.1, -0.05) is 16.5 Å². The maximum Gasteiger partial charge on any atom is 0.229 e. The molecule has 0 fully saturated rings. The highest BCUT2D eigenvalue weighted by molar-refractivity contribution is 7.15. The lowest BCUT2D eigenvalue weighted by atomic mass is 10.5. The summed E-state index contributed by atoms with van der Waals surface area (Å²) >= 11 is 1.46. The van der Waals surface area contributed by atoms with Crippen molar-refractivity contribution in [3.8, 4) is 5.88 Å². The van der Waals surface area contributed by atoms with Gasteiger partial charge in [0, 0.05) is 19.0 Å². The first kappa shape index (κ1) is 10.6. The second-order valence-electron chi connectivity index (χ2n) is 2.71. The molecule has 6 nitrogen and oxygen atoms in total. The highest BCUT2D eigenvalue weighted by atomic mass is 32.1. The topological polar surface area (TPSA) is 74.1 Å². The predicted molar refractivity (Wildman–Crippen MR) is 55.8 cm³/mol. The summed E-state index contributed by atoms with van der Waals surface area (Å²) in [4.78, 5) is 9.64. The molecule has 0 aliphatic heterocycles. The molecule has 7 heteroatoms. The predicted octanol–water partition coefficient (Wildman–Crippen LogP) is 2.03. The molecule has 76 valence electrons. The Labute approximate surface area is 85.8 Å². The number of anilines is 1. The van der Waals surface area contributed by atoms with Gasteiger partial charge in [-0.3, -0.25) is 0 Å². The molecule has 0 spiro atoms. The van der Waals surface area contributed by atoms with E-state index in [1.807, 2.05) is 19.0 Å². The molecule has 1 rings (SSSR count). The van der Waals surface area contributed by atoms with Crippen LogP contribution in [0.1, 0.15) is 4.88 Å². The monoisotopic (exact) mass is 213 g/mol. The third-order valence-corrected chi connectivity index (χ3v) is 2.69. The molecule has 1 heterocycles. The van der Waals surface area contributed by atoms with Crippen molar-refractivity contribution < 1.29 is 4.74 Å². The Morgan fingerprint density at radius 3 is 2.86 bits per heavy atom. The Morgan fingerprint density at radius 2 is 2.36 bits per heavy atom. The van der Waals surface area contributed by atoms with Crippen LogP contribution in [0.25, 0.3) is 10.4 Å². The van der Waals surface area contributed by atoms with Crippen molar-refractivity contribution >= 4 is 16.5 Å². The molecule has 0 radical (unpaired) electrons. The SMILES string of the molecule is COc1nc(N(C)C)sc1CN=[N+]=[N-]. The lowest BCUT2D eigenvalue weighted by Gasteiger charge is -2.04. The van der Waals surface area contributed by atoms with E-state index in [1.54, 1.807) is 7.11 Å². The first-order valence-corrected chi connectivity index (χ1v) is 4.72. The number of hydrogen-bond donors (Lipinski definition) is 0. The summed E-state index contributed by atoms with van der Waals surface area (Å²) in [7, 11) is 5.35. The summed E-state index contributed by atoms with van der Waals surface area (Å²) in [6.07, 6.45) is 0. The molecule has 0 aliphatic rings. The Bertz CT molecular complexity index is 355. The Balaban J connectivity index is 2.95. The molecule has 14 heavy (non-hydrogen) atoms. The number of ether oxygens (including phenoxy) is 1. The Kier molecular flexibility index (Phi) is 3.55. The highest BCUT2D eigenvalue weighted by Crippen LogP contribution is 2.30. The van der Waals surface area contributed by atoms with Crippen LogP contribution in [-0.2, 0) is 6.54 Å². The largest absolute Gasteiger partial charge is 0.480 e. The summed E-state index contributed by atoms with van der Waals surface area (Å²) in [6.45, 7) is 0.283. The molecule has 0 aliphatic carbocycles. The fourth-order valence-electron chi connectivity index (χ4n) is 0.872. The van der Waals surface area contributed by atoms with Crippen molar-refractivity contribution in [2.45, 2.75) is 6.54 Å². The van der Waals surface area contributed by atoms with Gasteiger partial charge in [0.05, 0.1) is 18.5 Å². The van der Waals surface area contributed by atoms with Crippen LogP contribution in [0.15, 0.2) is 5.11 Å². The Hall–Kier alpha value is -1.46. The summed E-state index contributed by atoms with van der Waals surface area (Å²) in [5.74, 6) is 0.533. The van der Waals surface area contributed by atoms with Crippen molar-refractivity contribution in [3.63, 3.8) is 0 Å². The van der Waals surface area contributed by atoms with Gasteiger partial charge in [0.1, 0.15) is 0 Å².